The fourth-order valence-corrected chi connectivity index (χ4v) is 4.45. The number of fused-ring (bicyclic) bond motifs is 1. The van der Waals surface area contributed by atoms with Crippen LogP contribution in [0.5, 0.6) is 0 Å². The number of H-pyrrole nitrogens is 1. The van der Waals surface area contributed by atoms with E-state index < -0.39 is 23.7 Å². The quantitative estimate of drug-likeness (QED) is 0.473. The molecule has 190 valence electrons. The lowest BCUT2D eigenvalue weighted by molar-refractivity contribution is -0.120. The topological polar surface area (TPSA) is 101 Å². The Labute approximate surface area is 208 Å². The van der Waals surface area contributed by atoms with Gasteiger partial charge in [-0.1, -0.05) is 12.1 Å². The van der Waals surface area contributed by atoms with Crippen LogP contribution in [-0.2, 0) is 14.3 Å². The zero-order valence-corrected chi connectivity index (χ0v) is 20.8. The Balaban J connectivity index is 1.60. The van der Waals surface area contributed by atoms with Gasteiger partial charge >= 0.3 is 12.1 Å². The zero-order valence-electron chi connectivity index (χ0n) is 20.8. The van der Waals surface area contributed by atoms with Gasteiger partial charge in [-0.15, -0.1) is 0 Å². The van der Waals surface area contributed by atoms with E-state index in [-0.39, 0.29) is 24.2 Å². The van der Waals surface area contributed by atoms with Gasteiger partial charge in [-0.2, -0.15) is 0 Å². The highest BCUT2D eigenvalue weighted by Gasteiger charge is 2.44. The second kappa shape index (κ2) is 10.0. The molecular weight excluding hydrogens is 465 g/mol. The predicted octanol–water partition coefficient (Wildman–Crippen LogP) is 5.22. The first-order chi connectivity index (χ1) is 17.1. The second-order valence-corrected chi connectivity index (χ2v) is 9.76. The summed E-state index contributed by atoms with van der Waals surface area (Å²) in [6.07, 6.45) is -0.0460. The van der Waals surface area contributed by atoms with E-state index in [1.165, 1.54) is 17.0 Å². The standard InChI is InChI=1S/C27H30FN3O5/c1-5-35-25(33)22-15-17-14-19(10-11-21(17)30-22)29-24(32)23-20(16-6-8-18(28)9-7-16)12-13-31(23)26(34)36-27(2,3)4/h6-11,14-15,20,23,30H,5,12-13H2,1-4H3,(H,29,32). The number of nitrogens with one attached hydrogen (secondary N) is 2. The molecule has 0 spiro atoms. The lowest BCUT2D eigenvalue weighted by Crippen LogP contribution is -2.47. The molecule has 1 fully saturated rings. The number of amides is 2. The normalized spacial score (nSPS) is 17.8. The van der Waals surface area contributed by atoms with Crippen molar-refractivity contribution in [1.82, 2.24) is 9.88 Å². The molecule has 3 aromatic rings. The fraction of sp³-hybridized carbons (Fsp3) is 0.370. The Morgan fingerprint density at radius 2 is 1.83 bits per heavy atom. The van der Waals surface area contributed by atoms with E-state index in [0.717, 1.165) is 16.5 Å². The van der Waals surface area contributed by atoms with Gasteiger partial charge < -0.3 is 19.8 Å². The van der Waals surface area contributed by atoms with Crippen LogP contribution in [0.2, 0.25) is 0 Å². The van der Waals surface area contributed by atoms with Gasteiger partial charge in [0.15, 0.2) is 0 Å². The highest BCUT2D eigenvalue weighted by Crippen LogP contribution is 2.35. The number of anilines is 1. The average molecular weight is 496 g/mol. The Kier molecular flexibility index (Phi) is 7.01. The number of nitrogens with zero attached hydrogens (tertiary/aromatic N) is 1. The summed E-state index contributed by atoms with van der Waals surface area (Å²) in [5.41, 5.74) is 1.59. The summed E-state index contributed by atoms with van der Waals surface area (Å²) in [6.45, 7) is 7.63. The van der Waals surface area contributed by atoms with E-state index in [0.29, 0.717) is 24.3 Å². The number of hydrogen-bond donors (Lipinski definition) is 2. The molecule has 1 saturated heterocycles. The van der Waals surface area contributed by atoms with E-state index in [1.807, 2.05) is 0 Å². The van der Waals surface area contributed by atoms with Gasteiger partial charge in [0.05, 0.1) is 6.61 Å². The number of likely N-dealkylation sites (tertiary alicyclic amines) is 1. The molecular formula is C27H30FN3O5. The summed E-state index contributed by atoms with van der Waals surface area (Å²) in [5, 5.41) is 3.63. The van der Waals surface area contributed by atoms with E-state index in [1.54, 1.807) is 64.1 Å². The predicted molar refractivity (Wildman–Crippen MR) is 133 cm³/mol. The van der Waals surface area contributed by atoms with Crippen LogP contribution in [0.1, 0.15) is 56.1 Å². The van der Waals surface area contributed by atoms with E-state index in [9.17, 15) is 18.8 Å². The second-order valence-electron chi connectivity index (χ2n) is 9.76. The maximum Gasteiger partial charge on any atom is 0.410 e. The Hall–Kier alpha value is -3.88. The molecule has 2 aromatic carbocycles. The first kappa shape index (κ1) is 25.2. The average Bonchev–Trinajstić information content (AvgIpc) is 3.43. The monoisotopic (exact) mass is 495 g/mol. The van der Waals surface area contributed by atoms with Gasteiger partial charge in [-0.25, -0.2) is 14.0 Å². The van der Waals surface area contributed by atoms with Crippen LogP contribution < -0.4 is 5.32 Å². The highest BCUT2D eigenvalue weighted by atomic mass is 19.1. The number of benzene rings is 2. The molecule has 2 unspecified atom stereocenters. The van der Waals surface area contributed by atoms with E-state index in [4.69, 9.17) is 9.47 Å². The molecule has 2 atom stereocenters. The lowest BCUT2D eigenvalue weighted by Gasteiger charge is -2.30. The van der Waals surface area contributed by atoms with Crippen molar-refractivity contribution in [2.75, 3.05) is 18.5 Å². The third-order valence-corrected chi connectivity index (χ3v) is 5.98. The van der Waals surface area contributed by atoms with Crippen LogP contribution in [0.3, 0.4) is 0 Å². The largest absolute Gasteiger partial charge is 0.461 e. The summed E-state index contributed by atoms with van der Waals surface area (Å²) in [6, 6.07) is 12.0. The number of halogens is 1. The van der Waals surface area contributed by atoms with Crippen LogP contribution in [0.25, 0.3) is 10.9 Å². The van der Waals surface area contributed by atoms with Crippen molar-refractivity contribution in [3.8, 4) is 0 Å². The summed E-state index contributed by atoms with van der Waals surface area (Å²) < 4.78 is 24.1. The van der Waals surface area contributed by atoms with Crippen molar-refractivity contribution in [3.05, 3.63) is 65.6 Å². The summed E-state index contributed by atoms with van der Waals surface area (Å²) >= 11 is 0. The van der Waals surface area contributed by atoms with Crippen molar-refractivity contribution >= 4 is 34.6 Å². The van der Waals surface area contributed by atoms with Crippen molar-refractivity contribution in [2.45, 2.75) is 51.7 Å². The number of aromatic amines is 1. The third-order valence-electron chi connectivity index (χ3n) is 5.98. The smallest absolute Gasteiger partial charge is 0.410 e. The minimum Gasteiger partial charge on any atom is -0.461 e. The number of carbonyl (C=O) groups is 3. The first-order valence-corrected chi connectivity index (χ1v) is 11.9. The van der Waals surface area contributed by atoms with Crippen LogP contribution in [-0.4, -0.2) is 52.6 Å². The van der Waals surface area contributed by atoms with E-state index >= 15 is 0 Å². The van der Waals surface area contributed by atoms with Crippen molar-refractivity contribution in [3.63, 3.8) is 0 Å². The number of aromatic nitrogens is 1. The molecule has 0 aliphatic carbocycles. The van der Waals surface area contributed by atoms with Crippen LogP contribution in [0, 0.1) is 5.82 Å². The van der Waals surface area contributed by atoms with Crippen LogP contribution >= 0.6 is 0 Å². The lowest BCUT2D eigenvalue weighted by atomic mass is 9.91. The minimum absolute atomic E-state index is 0.264. The molecule has 2 heterocycles. The Bertz CT molecular complexity index is 1280. The molecule has 9 heteroatoms. The van der Waals surface area contributed by atoms with Gasteiger partial charge in [0.2, 0.25) is 5.91 Å². The number of rotatable bonds is 5. The third kappa shape index (κ3) is 5.50. The number of hydrogen-bond acceptors (Lipinski definition) is 5. The molecule has 1 aromatic heterocycles. The fourth-order valence-electron chi connectivity index (χ4n) is 4.45. The number of ether oxygens (including phenoxy) is 2. The number of carbonyl (C=O) groups excluding carboxylic acids is 3. The summed E-state index contributed by atoms with van der Waals surface area (Å²) in [4.78, 5) is 43.0. The van der Waals surface area contributed by atoms with E-state index in [2.05, 4.69) is 10.3 Å². The molecule has 0 saturated carbocycles. The van der Waals surface area contributed by atoms with Gasteiger partial charge in [0.25, 0.3) is 0 Å². The maximum absolute atomic E-state index is 13.6. The van der Waals surface area contributed by atoms with Gasteiger partial charge in [-0.3, -0.25) is 9.69 Å². The van der Waals surface area contributed by atoms with Gasteiger partial charge in [0, 0.05) is 29.1 Å². The van der Waals surface area contributed by atoms with Crippen molar-refractivity contribution in [1.29, 1.82) is 0 Å². The summed E-state index contributed by atoms with van der Waals surface area (Å²) in [7, 11) is 0. The first-order valence-electron chi connectivity index (χ1n) is 11.9. The molecule has 1 aliphatic heterocycles. The minimum atomic E-state index is -0.845. The zero-order chi connectivity index (χ0) is 26.0. The molecule has 36 heavy (non-hydrogen) atoms. The molecule has 2 N–H and O–H groups in total. The molecule has 2 amide bonds. The SMILES string of the molecule is CCOC(=O)c1cc2cc(NC(=O)C3C(c4ccc(F)cc4)CCN3C(=O)OC(C)(C)C)ccc2[nH]1. The summed E-state index contributed by atoms with van der Waals surface area (Å²) in [5.74, 6) is -1.54. The Morgan fingerprint density at radius 3 is 2.50 bits per heavy atom. The molecule has 0 radical (unpaired) electrons. The van der Waals surface area contributed by atoms with Crippen LogP contribution in [0.15, 0.2) is 48.5 Å². The molecule has 8 nitrogen and oxygen atoms in total. The maximum atomic E-state index is 13.6. The Morgan fingerprint density at radius 1 is 1.11 bits per heavy atom. The van der Waals surface area contributed by atoms with Crippen molar-refractivity contribution in [2.24, 2.45) is 0 Å². The number of esters is 1. The highest BCUT2D eigenvalue weighted by molar-refractivity contribution is 6.00. The van der Waals surface area contributed by atoms with Gasteiger partial charge in [0.1, 0.15) is 23.2 Å². The van der Waals surface area contributed by atoms with Gasteiger partial charge in [-0.05, 0) is 76.1 Å². The molecule has 1 aliphatic rings. The van der Waals surface area contributed by atoms with Crippen molar-refractivity contribution < 1.29 is 28.2 Å². The van der Waals surface area contributed by atoms with Crippen LogP contribution in [0.4, 0.5) is 14.9 Å². The molecule has 0 bridgehead atoms. The molecule has 4 rings (SSSR count).